The van der Waals surface area contributed by atoms with Crippen LogP contribution in [0.1, 0.15) is 37.8 Å². The highest BCUT2D eigenvalue weighted by Gasteiger charge is 2.33. The predicted molar refractivity (Wildman–Crippen MR) is 70.7 cm³/mol. The van der Waals surface area contributed by atoms with Crippen LogP contribution in [0.5, 0.6) is 0 Å². The number of halogens is 3. The van der Waals surface area contributed by atoms with Gasteiger partial charge in [0.15, 0.2) is 0 Å². The molecule has 0 aliphatic rings. The highest BCUT2D eigenvalue weighted by molar-refractivity contribution is 5.67. The third-order valence-electron chi connectivity index (χ3n) is 2.89. The average molecular weight is 300 g/mol. The monoisotopic (exact) mass is 300 g/mol. The Hall–Kier alpha value is -2.23. The number of aliphatic carboxylic acids is 1. The molecule has 0 spiro atoms. The molecule has 1 aromatic rings. The molecular weight excluding hydrogens is 285 g/mol. The second kappa shape index (κ2) is 6.04. The van der Waals surface area contributed by atoms with Gasteiger partial charge in [0.1, 0.15) is 0 Å². The molecule has 0 saturated heterocycles. The highest BCUT2D eigenvalue weighted by atomic mass is 19.4. The van der Waals surface area contributed by atoms with Crippen molar-refractivity contribution < 1.29 is 23.1 Å². The normalized spacial score (nSPS) is 11.8. The Morgan fingerprint density at radius 3 is 2.48 bits per heavy atom. The third-order valence-corrected chi connectivity index (χ3v) is 2.89. The summed E-state index contributed by atoms with van der Waals surface area (Å²) in [5, 5.41) is 20.4. The third kappa shape index (κ3) is 4.99. The molecule has 0 radical (unpaired) electrons. The van der Waals surface area contributed by atoms with Crippen molar-refractivity contribution in [3.63, 3.8) is 0 Å². The minimum atomic E-state index is -4.58. The number of hydrogen-bond acceptors (Lipinski definition) is 3. The van der Waals surface area contributed by atoms with Gasteiger partial charge < -0.3 is 10.4 Å². The molecule has 0 fully saturated rings. The molecule has 4 nitrogen and oxygen atoms in total. The molecule has 0 aliphatic carbocycles. The number of nitriles is 1. The zero-order valence-electron chi connectivity index (χ0n) is 11.6. The Balaban J connectivity index is 2.96. The lowest BCUT2D eigenvalue weighted by Crippen LogP contribution is -2.31. The van der Waals surface area contributed by atoms with Crippen molar-refractivity contribution in [2.24, 2.45) is 0 Å². The van der Waals surface area contributed by atoms with Crippen LogP contribution < -0.4 is 5.32 Å². The van der Waals surface area contributed by atoms with Gasteiger partial charge in [-0.1, -0.05) is 0 Å². The van der Waals surface area contributed by atoms with Crippen molar-refractivity contribution in [2.45, 2.75) is 38.4 Å². The standard InChI is InChI=1S/C14H15F3N2O2/c1-13(2,6-5-12(20)21)19-10-3-4-11(14(15,16)17)9(7-10)8-18/h3-4,7,19H,5-6H2,1-2H3,(H,20,21). The number of nitrogens with zero attached hydrogens (tertiary/aromatic N) is 1. The molecule has 0 aliphatic heterocycles. The zero-order valence-corrected chi connectivity index (χ0v) is 11.6. The van der Waals surface area contributed by atoms with Gasteiger partial charge in [0.25, 0.3) is 0 Å². The Bertz CT molecular complexity index is 575. The Morgan fingerprint density at radius 2 is 2.00 bits per heavy atom. The number of hydrogen-bond donors (Lipinski definition) is 2. The van der Waals surface area contributed by atoms with E-state index in [2.05, 4.69) is 5.32 Å². The Morgan fingerprint density at radius 1 is 1.38 bits per heavy atom. The maximum Gasteiger partial charge on any atom is 0.417 e. The van der Waals surface area contributed by atoms with Crippen molar-refractivity contribution in [1.82, 2.24) is 0 Å². The topological polar surface area (TPSA) is 73.1 Å². The van der Waals surface area contributed by atoms with Gasteiger partial charge in [0.05, 0.1) is 17.2 Å². The molecule has 0 bridgehead atoms. The predicted octanol–water partition coefficient (Wildman–Crippen LogP) is 3.63. The molecule has 1 rings (SSSR count). The molecular formula is C14H15F3N2O2. The maximum atomic E-state index is 12.7. The van der Waals surface area contributed by atoms with Crippen LogP contribution in [0, 0.1) is 11.3 Å². The van der Waals surface area contributed by atoms with E-state index in [1.54, 1.807) is 13.8 Å². The zero-order chi connectivity index (χ0) is 16.3. The van der Waals surface area contributed by atoms with E-state index in [-0.39, 0.29) is 6.42 Å². The summed E-state index contributed by atoms with van der Waals surface area (Å²) < 4.78 is 38.0. The quantitative estimate of drug-likeness (QED) is 0.871. The summed E-state index contributed by atoms with van der Waals surface area (Å²) in [6.07, 6.45) is -4.35. The van der Waals surface area contributed by atoms with E-state index < -0.39 is 28.8 Å². The van der Waals surface area contributed by atoms with Crippen LogP contribution in [0.2, 0.25) is 0 Å². The van der Waals surface area contributed by atoms with Crippen LogP contribution in [0.15, 0.2) is 18.2 Å². The number of rotatable bonds is 5. The molecule has 0 saturated carbocycles. The first kappa shape index (κ1) is 16.8. The van der Waals surface area contributed by atoms with E-state index >= 15 is 0 Å². The highest BCUT2D eigenvalue weighted by Crippen LogP contribution is 2.33. The maximum absolute atomic E-state index is 12.7. The Labute approximate surface area is 120 Å². The lowest BCUT2D eigenvalue weighted by molar-refractivity contribution is -0.138. The number of carbonyl (C=O) groups is 1. The number of nitrogens with one attached hydrogen (secondary N) is 1. The summed E-state index contributed by atoms with van der Waals surface area (Å²) in [5.41, 5.74) is -1.74. The number of anilines is 1. The Kier molecular flexibility index (Phi) is 4.84. The fraction of sp³-hybridized carbons (Fsp3) is 0.429. The summed E-state index contributed by atoms with van der Waals surface area (Å²) in [5.74, 6) is -0.949. The van der Waals surface area contributed by atoms with E-state index in [1.165, 1.54) is 12.1 Å². The molecule has 0 aromatic heterocycles. The smallest absolute Gasteiger partial charge is 0.417 e. The van der Waals surface area contributed by atoms with Crippen LogP contribution in [0.4, 0.5) is 18.9 Å². The van der Waals surface area contributed by atoms with E-state index in [0.717, 1.165) is 12.1 Å². The van der Waals surface area contributed by atoms with Crippen molar-refractivity contribution in [1.29, 1.82) is 5.26 Å². The van der Waals surface area contributed by atoms with E-state index in [4.69, 9.17) is 10.4 Å². The summed E-state index contributed by atoms with van der Waals surface area (Å²) in [4.78, 5) is 10.6. The molecule has 114 valence electrons. The number of carboxylic acids is 1. The van der Waals surface area contributed by atoms with Crippen LogP contribution in [-0.4, -0.2) is 16.6 Å². The summed E-state index contributed by atoms with van der Waals surface area (Å²) in [6, 6.07) is 4.71. The van der Waals surface area contributed by atoms with Crippen molar-refractivity contribution in [3.8, 4) is 6.07 Å². The van der Waals surface area contributed by atoms with E-state index in [9.17, 15) is 18.0 Å². The average Bonchev–Trinajstić information content (AvgIpc) is 2.34. The fourth-order valence-electron chi connectivity index (χ4n) is 1.83. The van der Waals surface area contributed by atoms with Gasteiger partial charge in [0, 0.05) is 17.6 Å². The van der Waals surface area contributed by atoms with E-state index in [0.29, 0.717) is 12.1 Å². The lowest BCUT2D eigenvalue weighted by Gasteiger charge is -2.27. The van der Waals surface area contributed by atoms with Gasteiger partial charge in [-0.15, -0.1) is 0 Å². The minimum Gasteiger partial charge on any atom is -0.481 e. The van der Waals surface area contributed by atoms with Gasteiger partial charge >= 0.3 is 12.1 Å². The van der Waals surface area contributed by atoms with Gasteiger partial charge in [-0.05, 0) is 38.5 Å². The van der Waals surface area contributed by atoms with Crippen LogP contribution in [0.3, 0.4) is 0 Å². The number of benzene rings is 1. The number of alkyl halides is 3. The second-order valence-corrected chi connectivity index (χ2v) is 5.27. The van der Waals surface area contributed by atoms with Crippen molar-refractivity contribution >= 4 is 11.7 Å². The molecule has 0 amide bonds. The molecule has 1 aromatic carbocycles. The molecule has 0 heterocycles. The molecule has 0 atom stereocenters. The second-order valence-electron chi connectivity index (χ2n) is 5.27. The first-order valence-electron chi connectivity index (χ1n) is 6.16. The van der Waals surface area contributed by atoms with Gasteiger partial charge in [-0.3, -0.25) is 4.79 Å². The molecule has 21 heavy (non-hydrogen) atoms. The summed E-state index contributed by atoms with van der Waals surface area (Å²) in [6.45, 7) is 3.47. The number of carboxylic acid groups (broad SMARTS) is 1. The van der Waals surface area contributed by atoms with Crippen molar-refractivity contribution in [3.05, 3.63) is 29.3 Å². The summed E-state index contributed by atoms with van der Waals surface area (Å²) in [7, 11) is 0. The molecule has 7 heteroatoms. The molecule has 0 unspecified atom stereocenters. The SMILES string of the molecule is CC(C)(CCC(=O)O)Nc1ccc(C(F)(F)F)c(C#N)c1. The fourth-order valence-corrected chi connectivity index (χ4v) is 1.83. The van der Waals surface area contributed by atoms with Crippen molar-refractivity contribution in [2.75, 3.05) is 5.32 Å². The van der Waals surface area contributed by atoms with E-state index in [1.807, 2.05) is 0 Å². The lowest BCUT2D eigenvalue weighted by atomic mass is 9.97. The first-order chi connectivity index (χ1) is 9.55. The van der Waals surface area contributed by atoms with Crippen LogP contribution >= 0.6 is 0 Å². The first-order valence-corrected chi connectivity index (χ1v) is 6.16. The van der Waals surface area contributed by atoms with Crippen LogP contribution in [-0.2, 0) is 11.0 Å². The molecule has 2 N–H and O–H groups in total. The minimum absolute atomic E-state index is 0.0637. The van der Waals surface area contributed by atoms with Gasteiger partial charge in [0.2, 0.25) is 0 Å². The largest absolute Gasteiger partial charge is 0.481 e. The van der Waals surface area contributed by atoms with Crippen LogP contribution in [0.25, 0.3) is 0 Å². The van der Waals surface area contributed by atoms with Gasteiger partial charge in [-0.2, -0.15) is 18.4 Å². The summed E-state index contributed by atoms with van der Waals surface area (Å²) >= 11 is 0. The van der Waals surface area contributed by atoms with Gasteiger partial charge in [-0.25, -0.2) is 0 Å².